The van der Waals surface area contributed by atoms with E-state index < -0.39 is 0 Å². The first-order valence-electron chi connectivity index (χ1n) is 8.23. The highest BCUT2D eigenvalue weighted by Gasteiger charge is 2.18. The van der Waals surface area contributed by atoms with Crippen LogP contribution in [0.1, 0.15) is 31.9 Å². The monoisotopic (exact) mass is 337 g/mol. The number of piperidine rings is 1. The van der Waals surface area contributed by atoms with E-state index in [1.807, 2.05) is 13.0 Å². The summed E-state index contributed by atoms with van der Waals surface area (Å²) in [5.41, 5.74) is 0.943. The predicted molar refractivity (Wildman–Crippen MR) is 98.1 cm³/mol. The van der Waals surface area contributed by atoms with Gasteiger partial charge in [0.2, 0.25) is 5.95 Å². The van der Waals surface area contributed by atoms with Crippen molar-refractivity contribution in [3.05, 3.63) is 11.8 Å². The molecule has 1 aromatic rings. The van der Waals surface area contributed by atoms with Crippen LogP contribution >= 0.6 is 12.2 Å². The van der Waals surface area contributed by atoms with E-state index in [0.29, 0.717) is 23.6 Å². The lowest BCUT2D eigenvalue weighted by molar-refractivity contribution is 0.196. The van der Waals surface area contributed by atoms with Crippen LogP contribution in [0, 0.1) is 12.8 Å². The Morgan fingerprint density at radius 1 is 1.48 bits per heavy atom. The highest BCUT2D eigenvalue weighted by Crippen LogP contribution is 2.22. The maximum absolute atomic E-state index is 5.29. The number of methoxy groups -OCH3 is 1. The summed E-state index contributed by atoms with van der Waals surface area (Å²) in [6.07, 6.45) is 3.41. The Labute approximate surface area is 144 Å². The van der Waals surface area contributed by atoms with Crippen molar-refractivity contribution in [3.63, 3.8) is 0 Å². The van der Waals surface area contributed by atoms with Gasteiger partial charge in [-0.25, -0.2) is 4.98 Å². The molecule has 1 aliphatic heterocycles. The van der Waals surface area contributed by atoms with Gasteiger partial charge >= 0.3 is 0 Å². The van der Waals surface area contributed by atoms with Gasteiger partial charge in [0.15, 0.2) is 5.11 Å². The Bertz CT molecular complexity index is 525. The van der Waals surface area contributed by atoms with Crippen molar-refractivity contribution < 1.29 is 4.74 Å². The Morgan fingerprint density at radius 2 is 2.30 bits per heavy atom. The number of hydrogen-bond acceptors (Lipinski definition) is 5. The quantitative estimate of drug-likeness (QED) is 0.610. The lowest BCUT2D eigenvalue weighted by atomic mass is 10.0. The molecule has 1 aliphatic rings. The number of aromatic nitrogens is 2. The predicted octanol–water partition coefficient (Wildman–Crippen LogP) is 2.34. The molecule has 7 heteroatoms. The zero-order valence-electron chi connectivity index (χ0n) is 14.3. The molecule has 128 valence electrons. The van der Waals surface area contributed by atoms with E-state index in [2.05, 4.69) is 32.4 Å². The van der Waals surface area contributed by atoms with Crippen LogP contribution in [0.25, 0.3) is 0 Å². The highest BCUT2D eigenvalue weighted by atomic mass is 32.1. The molecule has 1 saturated heterocycles. The SMILES string of the molecule is COCCCNC(=S)Nc1nc(C)cc(N2CCCC(C)C2)n1. The topological polar surface area (TPSA) is 62.3 Å². The molecule has 1 unspecified atom stereocenters. The van der Waals surface area contributed by atoms with Crippen LogP contribution in [-0.4, -0.2) is 48.4 Å². The maximum Gasteiger partial charge on any atom is 0.231 e. The van der Waals surface area contributed by atoms with E-state index in [-0.39, 0.29) is 0 Å². The fourth-order valence-corrected chi connectivity index (χ4v) is 2.92. The molecular weight excluding hydrogens is 310 g/mol. The second-order valence-electron chi connectivity index (χ2n) is 6.11. The van der Waals surface area contributed by atoms with Crippen LogP contribution in [-0.2, 0) is 4.74 Å². The molecular formula is C16H27N5OS. The first kappa shape index (κ1) is 17.9. The van der Waals surface area contributed by atoms with E-state index in [4.69, 9.17) is 17.0 Å². The molecule has 0 aromatic carbocycles. The second-order valence-corrected chi connectivity index (χ2v) is 6.52. The average Bonchev–Trinajstić information content (AvgIpc) is 2.51. The van der Waals surface area contributed by atoms with Gasteiger partial charge in [0.1, 0.15) is 5.82 Å². The minimum Gasteiger partial charge on any atom is -0.385 e. The number of aryl methyl sites for hydroxylation is 1. The summed E-state index contributed by atoms with van der Waals surface area (Å²) in [5, 5.41) is 6.77. The molecule has 0 saturated carbocycles. The van der Waals surface area contributed by atoms with Crippen LogP contribution in [0.4, 0.5) is 11.8 Å². The molecule has 1 fully saturated rings. The van der Waals surface area contributed by atoms with Crippen LogP contribution in [0.15, 0.2) is 6.07 Å². The summed E-state index contributed by atoms with van der Waals surface area (Å²) >= 11 is 5.29. The van der Waals surface area contributed by atoms with Gasteiger partial charge in [-0.2, -0.15) is 4.98 Å². The van der Waals surface area contributed by atoms with Gasteiger partial charge < -0.3 is 20.3 Å². The Hall–Kier alpha value is -1.47. The minimum absolute atomic E-state index is 0.546. The van der Waals surface area contributed by atoms with E-state index in [9.17, 15) is 0 Å². The number of thiocarbonyl (C=S) groups is 1. The van der Waals surface area contributed by atoms with E-state index in [1.165, 1.54) is 12.8 Å². The van der Waals surface area contributed by atoms with Gasteiger partial charge in [0.05, 0.1) is 0 Å². The van der Waals surface area contributed by atoms with Crippen LogP contribution in [0.2, 0.25) is 0 Å². The number of ether oxygens (including phenoxy) is 1. The van der Waals surface area contributed by atoms with Crippen molar-refractivity contribution in [2.75, 3.05) is 43.6 Å². The second kappa shape index (κ2) is 8.98. The molecule has 6 nitrogen and oxygen atoms in total. The van der Waals surface area contributed by atoms with Crippen LogP contribution in [0.5, 0.6) is 0 Å². The zero-order valence-corrected chi connectivity index (χ0v) is 15.1. The van der Waals surface area contributed by atoms with Gasteiger partial charge in [-0.3, -0.25) is 0 Å². The Balaban J connectivity index is 1.95. The molecule has 0 radical (unpaired) electrons. The lowest BCUT2D eigenvalue weighted by Crippen LogP contribution is -2.35. The summed E-state index contributed by atoms with van der Waals surface area (Å²) in [6.45, 7) is 7.86. The molecule has 1 atom stereocenters. The lowest BCUT2D eigenvalue weighted by Gasteiger charge is -2.32. The molecule has 0 amide bonds. The van der Waals surface area contributed by atoms with Crippen molar-refractivity contribution in [1.82, 2.24) is 15.3 Å². The van der Waals surface area contributed by atoms with Gasteiger partial charge in [-0.15, -0.1) is 0 Å². The van der Waals surface area contributed by atoms with Crippen molar-refractivity contribution in [2.24, 2.45) is 5.92 Å². The van der Waals surface area contributed by atoms with E-state index in [0.717, 1.165) is 37.6 Å². The van der Waals surface area contributed by atoms with Crippen molar-refractivity contribution >= 4 is 29.1 Å². The normalized spacial score (nSPS) is 17.9. The first-order valence-corrected chi connectivity index (χ1v) is 8.63. The van der Waals surface area contributed by atoms with Crippen molar-refractivity contribution in [3.8, 4) is 0 Å². The highest BCUT2D eigenvalue weighted by molar-refractivity contribution is 7.80. The Kier molecular flexibility index (Phi) is 6.98. The fourth-order valence-electron chi connectivity index (χ4n) is 2.73. The Morgan fingerprint density at radius 3 is 3.04 bits per heavy atom. The molecule has 2 rings (SSSR count). The number of hydrogen-bond donors (Lipinski definition) is 2. The number of nitrogens with zero attached hydrogens (tertiary/aromatic N) is 3. The fraction of sp³-hybridized carbons (Fsp3) is 0.688. The third-order valence-electron chi connectivity index (χ3n) is 3.86. The van der Waals surface area contributed by atoms with Gasteiger partial charge in [-0.1, -0.05) is 6.92 Å². The van der Waals surface area contributed by atoms with Crippen molar-refractivity contribution in [1.29, 1.82) is 0 Å². The third kappa shape index (κ3) is 5.91. The zero-order chi connectivity index (χ0) is 16.7. The van der Waals surface area contributed by atoms with Crippen LogP contribution in [0.3, 0.4) is 0 Å². The molecule has 0 aliphatic carbocycles. The molecule has 2 N–H and O–H groups in total. The number of anilines is 2. The van der Waals surface area contributed by atoms with E-state index >= 15 is 0 Å². The average molecular weight is 337 g/mol. The van der Waals surface area contributed by atoms with Crippen LogP contribution < -0.4 is 15.5 Å². The first-order chi connectivity index (χ1) is 11.1. The summed E-state index contributed by atoms with van der Waals surface area (Å²) in [7, 11) is 1.69. The molecule has 0 spiro atoms. The largest absolute Gasteiger partial charge is 0.385 e. The minimum atomic E-state index is 0.546. The number of rotatable bonds is 6. The van der Waals surface area contributed by atoms with E-state index in [1.54, 1.807) is 7.11 Å². The maximum atomic E-state index is 5.29. The smallest absolute Gasteiger partial charge is 0.231 e. The van der Waals surface area contributed by atoms with Gasteiger partial charge in [0.25, 0.3) is 0 Å². The molecule has 23 heavy (non-hydrogen) atoms. The molecule has 0 bridgehead atoms. The molecule has 2 heterocycles. The summed E-state index contributed by atoms with van der Waals surface area (Å²) < 4.78 is 5.02. The van der Waals surface area contributed by atoms with Gasteiger partial charge in [0, 0.05) is 45.1 Å². The third-order valence-corrected chi connectivity index (χ3v) is 4.10. The summed E-state index contributed by atoms with van der Waals surface area (Å²) in [4.78, 5) is 11.4. The van der Waals surface area contributed by atoms with Gasteiger partial charge in [-0.05, 0) is 44.3 Å². The summed E-state index contributed by atoms with van der Waals surface area (Å²) in [6, 6.07) is 2.04. The molecule has 1 aromatic heterocycles. The standard InChI is InChI=1S/C16H27N5OS/c1-12-6-4-8-21(11-12)14-10-13(2)18-15(19-14)20-16(23)17-7-5-9-22-3/h10,12H,4-9,11H2,1-3H3,(H2,17,18,19,20,23). The summed E-state index contributed by atoms with van der Waals surface area (Å²) in [5.74, 6) is 2.25. The number of nitrogens with one attached hydrogen (secondary N) is 2. The van der Waals surface area contributed by atoms with Crippen molar-refractivity contribution in [2.45, 2.75) is 33.1 Å².